The van der Waals surface area contributed by atoms with Crippen LogP contribution in [0.4, 0.5) is 0 Å². The Morgan fingerprint density at radius 1 is 1.41 bits per heavy atom. The molecule has 0 aliphatic heterocycles. The average Bonchev–Trinajstić information content (AvgIpc) is 2.44. The quantitative estimate of drug-likeness (QED) is 0.395. The topological polar surface area (TPSA) is 39.4 Å². The maximum atomic E-state index is 11.6. The van der Waals surface area contributed by atoms with Crippen molar-refractivity contribution in [2.24, 2.45) is 0 Å². The third kappa shape index (κ3) is 5.08. The molecule has 0 fully saturated rings. The SMILES string of the molecule is CCOC(=O)c1cc(C[N+](C)(C)C)oc1C.[I-]. The number of carbonyl (C=O) groups is 1. The molecule has 98 valence electrons. The molecule has 0 amide bonds. The molecule has 0 atom stereocenters. The zero-order chi connectivity index (χ0) is 12.3. The van der Waals surface area contributed by atoms with Gasteiger partial charge in [-0.05, 0) is 13.8 Å². The van der Waals surface area contributed by atoms with Crippen LogP contribution in [-0.2, 0) is 11.3 Å². The van der Waals surface area contributed by atoms with E-state index in [1.54, 1.807) is 19.9 Å². The molecular formula is C12H20INO3. The normalized spacial score (nSPS) is 10.9. The Hall–Kier alpha value is -0.560. The number of hydrogen-bond acceptors (Lipinski definition) is 3. The van der Waals surface area contributed by atoms with Crippen molar-refractivity contribution in [3.05, 3.63) is 23.2 Å². The van der Waals surface area contributed by atoms with E-state index in [4.69, 9.17) is 9.15 Å². The van der Waals surface area contributed by atoms with Crippen LogP contribution in [0.2, 0.25) is 0 Å². The molecule has 1 heterocycles. The molecule has 0 spiro atoms. The highest BCUT2D eigenvalue weighted by atomic mass is 127. The lowest BCUT2D eigenvalue weighted by molar-refractivity contribution is -0.884. The first-order chi connectivity index (χ1) is 7.33. The summed E-state index contributed by atoms with van der Waals surface area (Å²) in [6, 6.07) is 1.77. The van der Waals surface area contributed by atoms with Gasteiger partial charge in [-0.3, -0.25) is 0 Å². The van der Waals surface area contributed by atoms with E-state index in [0.29, 0.717) is 17.9 Å². The third-order valence-corrected chi connectivity index (χ3v) is 2.09. The summed E-state index contributed by atoms with van der Waals surface area (Å²) in [5.41, 5.74) is 0.533. The van der Waals surface area contributed by atoms with E-state index < -0.39 is 0 Å². The lowest BCUT2D eigenvalue weighted by Crippen LogP contribution is -3.00. The molecule has 0 aliphatic carbocycles. The van der Waals surface area contributed by atoms with E-state index in [-0.39, 0.29) is 29.9 Å². The fourth-order valence-electron chi connectivity index (χ4n) is 1.50. The third-order valence-electron chi connectivity index (χ3n) is 2.09. The minimum absolute atomic E-state index is 0. The molecule has 0 radical (unpaired) electrons. The number of aryl methyl sites for hydroxylation is 1. The van der Waals surface area contributed by atoms with Gasteiger partial charge in [0.1, 0.15) is 17.9 Å². The second-order valence-corrected chi connectivity index (χ2v) is 4.85. The lowest BCUT2D eigenvalue weighted by atomic mass is 10.2. The molecule has 0 bridgehead atoms. The molecular weight excluding hydrogens is 333 g/mol. The molecule has 5 heteroatoms. The van der Waals surface area contributed by atoms with Gasteiger partial charge in [-0.25, -0.2) is 4.79 Å². The van der Waals surface area contributed by atoms with Crippen molar-refractivity contribution in [3.63, 3.8) is 0 Å². The van der Waals surface area contributed by atoms with Gasteiger partial charge in [0.2, 0.25) is 0 Å². The Morgan fingerprint density at radius 2 is 2.00 bits per heavy atom. The number of quaternary nitrogens is 1. The van der Waals surface area contributed by atoms with Crippen molar-refractivity contribution in [3.8, 4) is 0 Å². The van der Waals surface area contributed by atoms with E-state index in [2.05, 4.69) is 21.1 Å². The zero-order valence-electron chi connectivity index (χ0n) is 11.0. The van der Waals surface area contributed by atoms with E-state index in [1.807, 2.05) is 0 Å². The van der Waals surface area contributed by atoms with E-state index in [1.165, 1.54) is 0 Å². The summed E-state index contributed by atoms with van der Waals surface area (Å²) in [6.07, 6.45) is 0. The van der Waals surface area contributed by atoms with Gasteiger partial charge in [-0.2, -0.15) is 0 Å². The molecule has 0 saturated heterocycles. The van der Waals surface area contributed by atoms with Crippen LogP contribution in [-0.4, -0.2) is 38.2 Å². The van der Waals surface area contributed by atoms with Gasteiger partial charge in [0.15, 0.2) is 5.76 Å². The molecule has 1 aromatic heterocycles. The summed E-state index contributed by atoms with van der Waals surface area (Å²) in [5, 5.41) is 0. The van der Waals surface area contributed by atoms with Gasteiger partial charge < -0.3 is 37.6 Å². The molecule has 1 rings (SSSR count). The van der Waals surface area contributed by atoms with Crippen molar-refractivity contribution in [1.29, 1.82) is 0 Å². The number of hydrogen-bond donors (Lipinski definition) is 0. The molecule has 17 heavy (non-hydrogen) atoms. The molecule has 0 saturated carbocycles. The smallest absolute Gasteiger partial charge is 0.341 e. The Labute approximate surface area is 120 Å². The first-order valence-electron chi connectivity index (χ1n) is 5.40. The standard InChI is InChI=1S/C12H20NO3.HI/c1-6-15-12(14)11-7-10(16-9(11)2)8-13(3,4)5;/h7H,6,8H2,1-5H3;1H/q+1;/p-1. The predicted molar refractivity (Wildman–Crippen MR) is 61.1 cm³/mol. The summed E-state index contributed by atoms with van der Waals surface area (Å²) in [4.78, 5) is 11.6. The zero-order valence-corrected chi connectivity index (χ0v) is 13.2. The van der Waals surface area contributed by atoms with Gasteiger partial charge >= 0.3 is 5.97 Å². The number of halogens is 1. The van der Waals surface area contributed by atoms with Crippen LogP contribution in [0.5, 0.6) is 0 Å². The van der Waals surface area contributed by atoms with Crippen molar-refractivity contribution in [2.75, 3.05) is 27.7 Å². The minimum Gasteiger partial charge on any atom is -1.00 e. The number of esters is 1. The molecule has 0 aromatic carbocycles. The highest BCUT2D eigenvalue weighted by molar-refractivity contribution is 5.90. The number of ether oxygens (including phenoxy) is 1. The second kappa shape index (κ2) is 6.39. The van der Waals surface area contributed by atoms with Crippen molar-refractivity contribution in [1.82, 2.24) is 0 Å². The van der Waals surface area contributed by atoms with Crippen LogP contribution in [0.3, 0.4) is 0 Å². The molecule has 0 N–H and O–H groups in total. The number of furan rings is 1. The van der Waals surface area contributed by atoms with Crippen LogP contribution in [0.1, 0.15) is 28.8 Å². The van der Waals surface area contributed by atoms with Crippen molar-refractivity contribution in [2.45, 2.75) is 20.4 Å². The Morgan fingerprint density at radius 3 is 2.47 bits per heavy atom. The Bertz CT molecular complexity index is 380. The van der Waals surface area contributed by atoms with Crippen molar-refractivity contribution >= 4 is 5.97 Å². The second-order valence-electron chi connectivity index (χ2n) is 4.85. The number of rotatable bonds is 4. The van der Waals surface area contributed by atoms with Gasteiger partial charge in [-0.15, -0.1) is 0 Å². The number of nitrogens with zero attached hydrogens (tertiary/aromatic N) is 1. The molecule has 1 aromatic rings. The first-order valence-corrected chi connectivity index (χ1v) is 5.40. The van der Waals surface area contributed by atoms with Crippen LogP contribution in [0.25, 0.3) is 0 Å². The first kappa shape index (κ1) is 16.4. The number of carbonyl (C=O) groups excluding carboxylic acids is 1. The van der Waals surface area contributed by atoms with E-state index >= 15 is 0 Å². The summed E-state index contributed by atoms with van der Waals surface area (Å²) >= 11 is 0. The van der Waals surface area contributed by atoms with Crippen molar-refractivity contribution < 1.29 is 42.4 Å². The fourth-order valence-corrected chi connectivity index (χ4v) is 1.50. The van der Waals surface area contributed by atoms with Gasteiger partial charge in [0, 0.05) is 6.07 Å². The maximum Gasteiger partial charge on any atom is 0.341 e. The van der Waals surface area contributed by atoms with Crippen LogP contribution < -0.4 is 24.0 Å². The lowest BCUT2D eigenvalue weighted by Gasteiger charge is -2.22. The van der Waals surface area contributed by atoms with Crippen LogP contribution in [0.15, 0.2) is 10.5 Å². The predicted octanol–water partition coefficient (Wildman–Crippen LogP) is -1.03. The van der Waals surface area contributed by atoms with Gasteiger partial charge in [-0.1, -0.05) is 0 Å². The maximum absolute atomic E-state index is 11.6. The molecule has 4 nitrogen and oxygen atoms in total. The van der Waals surface area contributed by atoms with E-state index in [0.717, 1.165) is 16.8 Å². The monoisotopic (exact) mass is 353 g/mol. The van der Waals surface area contributed by atoms with E-state index in [9.17, 15) is 4.79 Å². The summed E-state index contributed by atoms with van der Waals surface area (Å²) in [7, 11) is 6.21. The van der Waals surface area contributed by atoms with Crippen LogP contribution >= 0.6 is 0 Å². The summed E-state index contributed by atoms with van der Waals surface area (Å²) < 4.78 is 11.2. The largest absolute Gasteiger partial charge is 1.00 e. The Balaban J connectivity index is 0.00000256. The van der Waals surface area contributed by atoms with Gasteiger partial charge in [0.25, 0.3) is 0 Å². The summed E-state index contributed by atoms with van der Waals surface area (Å²) in [6.45, 7) is 4.71. The highest BCUT2D eigenvalue weighted by Crippen LogP contribution is 2.18. The summed E-state index contributed by atoms with van der Waals surface area (Å²) in [5.74, 6) is 1.13. The Kier molecular flexibility index (Phi) is 6.18. The highest BCUT2D eigenvalue weighted by Gasteiger charge is 2.19. The molecule has 0 unspecified atom stereocenters. The fraction of sp³-hybridized carbons (Fsp3) is 0.583. The average molecular weight is 353 g/mol. The molecule has 0 aliphatic rings. The minimum atomic E-state index is -0.309. The van der Waals surface area contributed by atoms with Crippen LogP contribution in [0, 0.1) is 6.92 Å². The van der Waals surface area contributed by atoms with Gasteiger partial charge in [0.05, 0.1) is 27.7 Å².